The summed E-state index contributed by atoms with van der Waals surface area (Å²) in [7, 11) is 0. The molecule has 0 radical (unpaired) electrons. The number of carbonyl (C=O) groups is 1. The highest BCUT2D eigenvalue weighted by atomic mass is 32.2. The van der Waals surface area contributed by atoms with Gasteiger partial charge in [0, 0.05) is 12.6 Å². The monoisotopic (exact) mass is 416 g/mol. The number of furan rings is 1. The summed E-state index contributed by atoms with van der Waals surface area (Å²) >= 11 is 1.47. The van der Waals surface area contributed by atoms with Crippen molar-refractivity contribution in [3.8, 4) is 11.6 Å². The van der Waals surface area contributed by atoms with Crippen molar-refractivity contribution in [2.24, 2.45) is 23.7 Å². The van der Waals surface area contributed by atoms with Crippen LogP contribution in [-0.2, 0) is 11.3 Å². The van der Waals surface area contributed by atoms with Crippen molar-refractivity contribution in [3.05, 3.63) is 18.4 Å². The van der Waals surface area contributed by atoms with Crippen LogP contribution in [0.1, 0.15) is 53.4 Å². The molecule has 2 fully saturated rings. The molecule has 4 rings (SSSR count). The zero-order valence-electron chi connectivity index (χ0n) is 17.8. The summed E-state index contributed by atoms with van der Waals surface area (Å²) in [6.07, 6.45) is 7.01. The molecule has 158 valence electrons. The van der Waals surface area contributed by atoms with E-state index in [1.165, 1.54) is 37.4 Å². The fourth-order valence-electron chi connectivity index (χ4n) is 5.06. The van der Waals surface area contributed by atoms with Crippen molar-refractivity contribution in [2.75, 3.05) is 0 Å². The van der Waals surface area contributed by atoms with Crippen molar-refractivity contribution in [1.82, 2.24) is 20.1 Å². The SMILES string of the molecule is CC(C)Cn1c(SC(C)C(=O)NC(C)C2CC3CCC2C3)nnc1-c1ccco1. The molecule has 7 heteroatoms. The standard InChI is InChI=1S/C22H32N4O2S/c1-13(2)12-26-20(19-6-5-9-28-19)24-25-22(26)29-15(4)21(27)23-14(3)18-11-16-7-8-17(18)10-16/h5-6,9,13-18H,7-8,10-12H2,1-4H3,(H,23,27). The molecule has 6 nitrogen and oxygen atoms in total. The Hall–Kier alpha value is -1.76. The van der Waals surface area contributed by atoms with Gasteiger partial charge in [-0.25, -0.2) is 0 Å². The molecule has 1 amide bonds. The lowest BCUT2D eigenvalue weighted by Gasteiger charge is -2.29. The number of nitrogens with zero attached hydrogens (tertiary/aromatic N) is 3. The molecule has 2 aromatic rings. The maximum absolute atomic E-state index is 12.9. The quantitative estimate of drug-likeness (QED) is 0.636. The van der Waals surface area contributed by atoms with Gasteiger partial charge in [-0.3, -0.25) is 9.36 Å². The van der Waals surface area contributed by atoms with Crippen LogP contribution in [0.3, 0.4) is 0 Å². The van der Waals surface area contributed by atoms with Gasteiger partial charge in [-0.05, 0) is 68.9 Å². The summed E-state index contributed by atoms with van der Waals surface area (Å²) < 4.78 is 7.60. The Morgan fingerprint density at radius 3 is 2.72 bits per heavy atom. The molecule has 2 heterocycles. The minimum atomic E-state index is -0.226. The van der Waals surface area contributed by atoms with Crippen molar-refractivity contribution in [1.29, 1.82) is 0 Å². The molecule has 1 N–H and O–H groups in total. The first-order chi connectivity index (χ1) is 13.9. The minimum absolute atomic E-state index is 0.0870. The summed E-state index contributed by atoms with van der Waals surface area (Å²) in [5.74, 6) is 4.28. The Balaban J connectivity index is 1.42. The van der Waals surface area contributed by atoms with E-state index in [9.17, 15) is 4.79 Å². The highest BCUT2D eigenvalue weighted by Gasteiger charge is 2.42. The summed E-state index contributed by atoms with van der Waals surface area (Å²) in [6, 6.07) is 3.99. The molecule has 2 aliphatic carbocycles. The van der Waals surface area contributed by atoms with E-state index in [-0.39, 0.29) is 17.2 Å². The first-order valence-corrected chi connectivity index (χ1v) is 11.7. The van der Waals surface area contributed by atoms with Gasteiger partial charge in [0.1, 0.15) is 0 Å². The number of amides is 1. The largest absolute Gasteiger partial charge is 0.461 e. The van der Waals surface area contributed by atoms with Gasteiger partial charge < -0.3 is 9.73 Å². The van der Waals surface area contributed by atoms with Gasteiger partial charge in [0.15, 0.2) is 16.7 Å². The third kappa shape index (κ3) is 4.39. The van der Waals surface area contributed by atoms with Crippen LogP contribution in [-0.4, -0.2) is 32.0 Å². The van der Waals surface area contributed by atoms with E-state index in [0.29, 0.717) is 23.4 Å². The average molecular weight is 417 g/mol. The van der Waals surface area contributed by atoms with E-state index in [1.807, 2.05) is 19.1 Å². The molecule has 0 spiro atoms. The topological polar surface area (TPSA) is 73.0 Å². The Kier molecular flexibility index (Phi) is 6.04. The smallest absolute Gasteiger partial charge is 0.233 e. The Morgan fingerprint density at radius 1 is 1.28 bits per heavy atom. The van der Waals surface area contributed by atoms with E-state index in [4.69, 9.17) is 4.42 Å². The van der Waals surface area contributed by atoms with Gasteiger partial charge in [-0.2, -0.15) is 0 Å². The van der Waals surface area contributed by atoms with Gasteiger partial charge >= 0.3 is 0 Å². The highest BCUT2D eigenvalue weighted by Crippen LogP contribution is 2.49. The average Bonchev–Trinajstić information content (AvgIpc) is 3.46. The van der Waals surface area contributed by atoms with Crippen LogP contribution in [0.15, 0.2) is 28.0 Å². The van der Waals surface area contributed by atoms with Crippen LogP contribution in [0.4, 0.5) is 0 Å². The van der Waals surface area contributed by atoms with Gasteiger partial charge in [-0.1, -0.05) is 32.0 Å². The lowest BCUT2D eigenvalue weighted by molar-refractivity contribution is -0.121. The number of hydrogen-bond donors (Lipinski definition) is 1. The molecule has 2 saturated carbocycles. The molecule has 29 heavy (non-hydrogen) atoms. The predicted octanol–water partition coefficient (Wildman–Crippen LogP) is 4.62. The Labute approximate surface area is 177 Å². The molecule has 0 aliphatic heterocycles. The maximum Gasteiger partial charge on any atom is 0.233 e. The zero-order valence-corrected chi connectivity index (χ0v) is 18.6. The van der Waals surface area contributed by atoms with E-state index in [2.05, 4.69) is 40.9 Å². The number of fused-ring (bicyclic) bond motifs is 2. The van der Waals surface area contributed by atoms with Crippen molar-refractivity contribution in [2.45, 2.75) is 76.4 Å². The van der Waals surface area contributed by atoms with E-state index in [1.54, 1.807) is 6.26 Å². The van der Waals surface area contributed by atoms with Crippen molar-refractivity contribution >= 4 is 17.7 Å². The highest BCUT2D eigenvalue weighted by molar-refractivity contribution is 8.00. The number of hydrogen-bond acceptors (Lipinski definition) is 5. The second kappa shape index (κ2) is 8.54. The minimum Gasteiger partial charge on any atom is -0.461 e. The molecule has 2 aromatic heterocycles. The molecule has 2 aliphatic rings. The van der Waals surface area contributed by atoms with Crippen LogP contribution in [0.25, 0.3) is 11.6 Å². The van der Waals surface area contributed by atoms with Crippen LogP contribution < -0.4 is 5.32 Å². The van der Waals surface area contributed by atoms with Gasteiger partial charge in [0.25, 0.3) is 0 Å². The van der Waals surface area contributed by atoms with Crippen LogP contribution >= 0.6 is 11.8 Å². The van der Waals surface area contributed by atoms with E-state index in [0.717, 1.165) is 23.5 Å². The number of carbonyl (C=O) groups excluding carboxylic acids is 1. The van der Waals surface area contributed by atoms with Crippen molar-refractivity contribution in [3.63, 3.8) is 0 Å². The number of rotatable bonds is 8. The van der Waals surface area contributed by atoms with Crippen LogP contribution in [0.2, 0.25) is 0 Å². The summed E-state index contributed by atoms with van der Waals surface area (Å²) in [6.45, 7) is 9.23. The molecule has 2 bridgehead atoms. The van der Waals surface area contributed by atoms with Crippen LogP contribution in [0, 0.1) is 23.7 Å². The molecule has 5 unspecified atom stereocenters. The second-order valence-electron chi connectivity index (χ2n) is 9.18. The first-order valence-electron chi connectivity index (χ1n) is 10.9. The lowest BCUT2D eigenvalue weighted by Crippen LogP contribution is -2.43. The number of thioether (sulfide) groups is 1. The van der Waals surface area contributed by atoms with Crippen molar-refractivity contribution < 1.29 is 9.21 Å². The van der Waals surface area contributed by atoms with Gasteiger partial charge in [0.05, 0.1) is 11.5 Å². The van der Waals surface area contributed by atoms with E-state index < -0.39 is 0 Å². The maximum atomic E-state index is 12.9. The molecular weight excluding hydrogens is 384 g/mol. The third-order valence-electron chi connectivity index (χ3n) is 6.46. The summed E-state index contributed by atoms with van der Waals surface area (Å²) in [4.78, 5) is 12.9. The number of aromatic nitrogens is 3. The molecule has 0 aromatic carbocycles. The van der Waals surface area contributed by atoms with Crippen LogP contribution in [0.5, 0.6) is 0 Å². The predicted molar refractivity (Wildman–Crippen MR) is 114 cm³/mol. The zero-order chi connectivity index (χ0) is 20.5. The van der Waals surface area contributed by atoms with Gasteiger partial charge in [-0.15, -0.1) is 10.2 Å². The summed E-state index contributed by atoms with van der Waals surface area (Å²) in [5, 5.41) is 12.5. The fraction of sp³-hybridized carbons (Fsp3) is 0.682. The fourth-order valence-corrected chi connectivity index (χ4v) is 5.93. The third-order valence-corrected chi connectivity index (χ3v) is 7.54. The first kappa shape index (κ1) is 20.5. The Bertz CT molecular complexity index is 832. The number of nitrogens with one attached hydrogen (secondary N) is 1. The summed E-state index contributed by atoms with van der Waals surface area (Å²) in [5.41, 5.74) is 0. The normalized spacial score (nSPS) is 25.5. The Morgan fingerprint density at radius 2 is 2.10 bits per heavy atom. The van der Waals surface area contributed by atoms with Gasteiger partial charge in [0.2, 0.25) is 5.91 Å². The molecule has 5 atom stereocenters. The lowest BCUT2D eigenvalue weighted by atomic mass is 9.84. The molecular formula is C22H32N4O2S. The second-order valence-corrected chi connectivity index (χ2v) is 10.5. The van der Waals surface area contributed by atoms with E-state index >= 15 is 0 Å². The molecule has 0 saturated heterocycles.